The zero-order valence-corrected chi connectivity index (χ0v) is 5.58. The molecular weight excluding hydrogens is 124 g/mol. The number of ketones is 1. The molecule has 0 saturated carbocycles. The molecule has 0 aromatic heterocycles. The van der Waals surface area contributed by atoms with Crippen molar-refractivity contribution in [1.29, 1.82) is 0 Å². The summed E-state index contributed by atoms with van der Waals surface area (Å²) in [5.41, 5.74) is 1.24. The van der Waals surface area contributed by atoms with Crippen LogP contribution in [0.3, 0.4) is 0 Å². The van der Waals surface area contributed by atoms with E-state index in [9.17, 15) is 4.79 Å². The van der Waals surface area contributed by atoms with Crippen LogP contribution in [0.2, 0.25) is 0 Å². The SMILES string of the molecule is O=C1C=CC=C2CC=CC12. The summed E-state index contributed by atoms with van der Waals surface area (Å²) in [7, 11) is 0. The van der Waals surface area contributed by atoms with Gasteiger partial charge in [0.15, 0.2) is 5.78 Å². The topological polar surface area (TPSA) is 17.1 Å². The minimum Gasteiger partial charge on any atom is -0.294 e. The van der Waals surface area contributed by atoms with Crippen LogP contribution in [0.1, 0.15) is 6.42 Å². The molecule has 0 bridgehead atoms. The average molecular weight is 132 g/mol. The van der Waals surface area contributed by atoms with Gasteiger partial charge in [0.1, 0.15) is 0 Å². The number of carbonyl (C=O) groups is 1. The molecule has 0 N–H and O–H groups in total. The number of carbonyl (C=O) groups excluding carboxylic acids is 1. The van der Waals surface area contributed by atoms with Crippen molar-refractivity contribution in [3.8, 4) is 0 Å². The lowest BCUT2D eigenvalue weighted by Crippen LogP contribution is -2.11. The van der Waals surface area contributed by atoms with E-state index in [-0.39, 0.29) is 11.7 Å². The van der Waals surface area contributed by atoms with Gasteiger partial charge >= 0.3 is 0 Å². The average Bonchev–Trinajstić information content (AvgIpc) is 2.36. The summed E-state index contributed by atoms with van der Waals surface area (Å²) in [5.74, 6) is 0.316. The van der Waals surface area contributed by atoms with Crippen LogP contribution in [0.15, 0.2) is 36.0 Å². The molecule has 1 nitrogen and oxygen atoms in total. The van der Waals surface area contributed by atoms with Crippen molar-refractivity contribution in [2.45, 2.75) is 6.42 Å². The highest BCUT2D eigenvalue weighted by Crippen LogP contribution is 2.27. The standard InChI is InChI=1S/C9H8O/c10-9-6-2-4-7-3-1-5-8(7)9/h1-2,4-6,8H,3H2. The molecule has 2 aliphatic rings. The van der Waals surface area contributed by atoms with Crippen LogP contribution in [0.25, 0.3) is 0 Å². The smallest absolute Gasteiger partial charge is 0.166 e. The summed E-state index contributed by atoms with van der Waals surface area (Å²) in [5, 5.41) is 0. The number of hydrogen-bond donors (Lipinski definition) is 0. The highest BCUT2D eigenvalue weighted by Gasteiger charge is 2.22. The molecule has 0 aromatic rings. The predicted octanol–water partition coefficient (Wildman–Crippen LogP) is 1.63. The Morgan fingerprint density at radius 2 is 2.40 bits per heavy atom. The molecule has 1 unspecified atom stereocenters. The van der Waals surface area contributed by atoms with E-state index in [1.165, 1.54) is 5.57 Å². The molecule has 0 spiro atoms. The van der Waals surface area contributed by atoms with Gasteiger partial charge in [-0.3, -0.25) is 4.79 Å². The minimum absolute atomic E-state index is 0.0880. The molecular formula is C9H8O. The molecule has 10 heavy (non-hydrogen) atoms. The van der Waals surface area contributed by atoms with E-state index in [1.807, 2.05) is 18.2 Å². The van der Waals surface area contributed by atoms with E-state index in [0.717, 1.165) is 6.42 Å². The second-order valence-electron chi connectivity index (χ2n) is 2.61. The first-order valence-electron chi connectivity index (χ1n) is 3.45. The molecule has 0 aliphatic heterocycles. The molecule has 1 heteroatoms. The predicted molar refractivity (Wildman–Crippen MR) is 39.5 cm³/mol. The normalized spacial score (nSPS) is 28.6. The van der Waals surface area contributed by atoms with E-state index in [2.05, 4.69) is 6.08 Å². The molecule has 0 saturated heterocycles. The van der Waals surface area contributed by atoms with E-state index < -0.39 is 0 Å². The molecule has 50 valence electrons. The summed E-state index contributed by atoms with van der Waals surface area (Å²) in [4.78, 5) is 11.1. The molecule has 0 radical (unpaired) electrons. The third kappa shape index (κ3) is 0.670. The molecule has 0 fully saturated rings. The molecule has 1 atom stereocenters. The zero-order chi connectivity index (χ0) is 6.97. The van der Waals surface area contributed by atoms with Gasteiger partial charge in [-0.25, -0.2) is 0 Å². The van der Waals surface area contributed by atoms with Gasteiger partial charge in [-0.05, 0) is 12.5 Å². The second-order valence-corrected chi connectivity index (χ2v) is 2.61. The monoisotopic (exact) mass is 132 g/mol. The lowest BCUT2D eigenvalue weighted by Gasteiger charge is -2.09. The Morgan fingerprint density at radius 1 is 1.50 bits per heavy atom. The van der Waals surface area contributed by atoms with E-state index in [0.29, 0.717) is 0 Å². The fourth-order valence-electron chi connectivity index (χ4n) is 1.41. The van der Waals surface area contributed by atoms with Crippen molar-refractivity contribution in [1.82, 2.24) is 0 Å². The van der Waals surface area contributed by atoms with E-state index in [1.54, 1.807) is 6.08 Å². The third-order valence-electron chi connectivity index (χ3n) is 1.96. The molecule has 0 amide bonds. The molecule has 2 rings (SSSR count). The van der Waals surface area contributed by atoms with Crippen LogP contribution in [0.4, 0.5) is 0 Å². The first kappa shape index (κ1) is 5.66. The van der Waals surface area contributed by atoms with Crippen LogP contribution >= 0.6 is 0 Å². The fourth-order valence-corrected chi connectivity index (χ4v) is 1.41. The van der Waals surface area contributed by atoms with Crippen LogP contribution in [-0.4, -0.2) is 5.78 Å². The maximum atomic E-state index is 11.1. The summed E-state index contributed by atoms with van der Waals surface area (Å²) in [6, 6.07) is 0. The van der Waals surface area contributed by atoms with Gasteiger partial charge in [0, 0.05) is 0 Å². The van der Waals surface area contributed by atoms with Gasteiger partial charge < -0.3 is 0 Å². The summed E-state index contributed by atoms with van der Waals surface area (Å²) >= 11 is 0. The summed E-state index contributed by atoms with van der Waals surface area (Å²) < 4.78 is 0. The molecule has 0 heterocycles. The maximum Gasteiger partial charge on any atom is 0.166 e. The largest absolute Gasteiger partial charge is 0.294 e. The van der Waals surface area contributed by atoms with Gasteiger partial charge in [0.2, 0.25) is 0 Å². The number of allylic oxidation sites excluding steroid dienone is 6. The van der Waals surface area contributed by atoms with Crippen molar-refractivity contribution in [2.75, 3.05) is 0 Å². The lowest BCUT2D eigenvalue weighted by atomic mass is 9.94. The van der Waals surface area contributed by atoms with Crippen LogP contribution in [0, 0.1) is 5.92 Å². The van der Waals surface area contributed by atoms with Gasteiger partial charge in [-0.1, -0.05) is 29.9 Å². The lowest BCUT2D eigenvalue weighted by molar-refractivity contribution is -0.116. The van der Waals surface area contributed by atoms with Crippen molar-refractivity contribution >= 4 is 5.78 Å². The van der Waals surface area contributed by atoms with Gasteiger partial charge in [-0.2, -0.15) is 0 Å². The maximum absolute atomic E-state index is 11.1. The quantitative estimate of drug-likeness (QED) is 0.458. The van der Waals surface area contributed by atoms with Crippen molar-refractivity contribution < 1.29 is 4.79 Å². The Morgan fingerprint density at radius 3 is 3.20 bits per heavy atom. The van der Waals surface area contributed by atoms with E-state index >= 15 is 0 Å². The Bertz CT molecular complexity index is 256. The number of fused-ring (bicyclic) bond motifs is 1. The van der Waals surface area contributed by atoms with Crippen LogP contribution < -0.4 is 0 Å². The number of rotatable bonds is 0. The summed E-state index contributed by atoms with van der Waals surface area (Å²) in [6.07, 6.45) is 10.5. The Kier molecular flexibility index (Phi) is 1.10. The molecule has 0 aromatic carbocycles. The Hall–Kier alpha value is -1.11. The highest BCUT2D eigenvalue weighted by molar-refractivity contribution is 5.97. The van der Waals surface area contributed by atoms with Crippen molar-refractivity contribution in [3.63, 3.8) is 0 Å². The van der Waals surface area contributed by atoms with Crippen LogP contribution in [-0.2, 0) is 4.79 Å². The Labute approximate surface area is 59.7 Å². The number of hydrogen-bond acceptors (Lipinski definition) is 1. The molecule has 2 aliphatic carbocycles. The summed E-state index contributed by atoms with van der Waals surface area (Å²) in [6.45, 7) is 0. The van der Waals surface area contributed by atoms with Crippen LogP contribution in [0.5, 0.6) is 0 Å². The van der Waals surface area contributed by atoms with E-state index in [4.69, 9.17) is 0 Å². The highest BCUT2D eigenvalue weighted by atomic mass is 16.1. The first-order valence-corrected chi connectivity index (χ1v) is 3.45. The van der Waals surface area contributed by atoms with Crippen molar-refractivity contribution in [3.05, 3.63) is 36.0 Å². The second kappa shape index (κ2) is 1.94. The van der Waals surface area contributed by atoms with Gasteiger partial charge in [0.05, 0.1) is 5.92 Å². The minimum atomic E-state index is 0.0880. The third-order valence-corrected chi connectivity index (χ3v) is 1.96. The van der Waals surface area contributed by atoms with Gasteiger partial charge in [0.25, 0.3) is 0 Å². The Balaban J connectivity index is 2.40. The van der Waals surface area contributed by atoms with Crippen molar-refractivity contribution in [2.24, 2.45) is 5.92 Å². The fraction of sp³-hybridized carbons (Fsp3) is 0.222. The zero-order valence-electron chi connectivity index (χ0n) is 5.58. The van der Waals surface area contributed by atoms with Gasteiger partial charge in [-0.15, -0.1) is 0 Å². The first-order chi connectivity index (χ1) is 4.88.